The van der Waals surface area contributed by atoms with Gasteiger partial charge in [0.15, 0.2) is 0 Å². The molecule has 14 nitrogen and oxygen atoms in total. The Bertz CT molecular complexity index is 1820. The summed E-state index contributed by atoms with van der Waals surface area (Å²) in [6.07, 6.45) is 5.00. The first-order valence-corrected chi connectivity index (χ1v) is 15.8. The fourth-order valence-corrected chi connectivity index (χ4v) is 5.75. The van der Waals surface area contributed by atoms with Crippen LogP contribution >= 0.6 is 11.6 Å². The van der Waals surface area contributed by atoms with Crippen LogP contribution < -0.4 is 27.0 Å². The summed E-state index contributed by atoms with van der Waals surface area (Å²) in [4.78, 5) is 51.9. The molecule has 242 valence electrons. The second kappa shape index (κ2) is 14.8. The molecule has 4 amide bonds. The van der Waals surface area contributed by atoms with Crippen molar-refractivity contribution in [3.05, 3.63) is 83.7 Å². The molecule has 16 heteroatoms. The summed E-state index contributed by atoms with van der Waals surface area (Å²) in [5, 5.41) is 18.2. The maximum atomic E-state index is 13.1. The zero-order valence-electron chi connectivity index (χ0n) is 25.3. The van der Waals surface area contributed by atoms with Gasteiger partial charge in [-0.05, 0) is 42.5 Å². The predicted octanol–water partition coefficient (Wildman–Crippen LogP) is 2.86. The minimum absolute atomic E-state index is 0.0333. The molecule has 4 rings (SSSR count). The van der Waals surface area contributed by atoms with E-state index in [4.69, 9.17) is 22.7 Å². The van der Waals surface area contributed by atoms with E-state index in [1.54, 1.807) is 77.7 Å². The second-order valence-corrected chi connectivity index (χ2v) is 12.3. The summed E-state index contributed by atoms with van der Waals surface area (Å²) in [7, 11) is 3.74. The summed E-state index contributed by atoms with van der Waals surface area (Å²) in [6.45, 7) is 0.215. The fraction of sp³-hybridized carbons (Fsp3) is 0.233. The highest BCUT2D eigenvalue weighted by atomic mass is 35.5. The highest BCUT2D eigenvalue weighted by molar-refractivity contribution is 7.85. The molecule has 0 spiro atoms. The molecule has 7 N–H and O–H groups in total. The van der Waals surface area contributed by atoms with E-state index in [0.717, 1.165) is 0 Å². The van der Waals surface area contributed by atoms with Crippen LogP contribution in [-0.2, 0) is 31.9 Å². The van der Waals surface area contributed by atoms with Crippen LogP contribution in [0.25, 0.3) is 0 Å². The molecule has 0 radical (unpaired) electrons. The average Bonchev–Trinajstić information content (AvgIpc) is 3.68. The van der Waals surface area contributed by atoms with Crippen molar-refractivity contribution in [1.82, 2.24) is 19.0 Å². The second-order valence-electron chi connectivity index (χ2n) is 10.3. The minimum atomic E-state index is -1.24. The third kappa shape index (κ3) is 8.31. The molecule has 0 aliphatic heterocycles. The number of nitrogens with one attached hydrogen (secondary N) is 5. The lowest BCUT2D eigenvalue weighted by atomic mass is 10.2. The van der Waals surface area contributed by atoms with Crippen molar-refractivity contribution in [2.45, 2.75) is 11.3 Å². The summed E-state index contributed by atoms with van der Waals surface area (Å²) >= 11 is 5.66. The number of amidine groups is 1. The third-order valence-electron chi connectivity index (χ3n) is 6.81. The molecule has 1 unspecified atom stereocenters. The number of halogens is 1. The van der Waals surface area contributed by atoms with E-state index in [-0.39, 0.29) is 42.0 Å². The van der Waals surface area contributed by atoms with Gasteiger partial charge in [-0.2, -0.15) is 0 Å². The van der Waals surface area contributed by atoms with Crippen LogP contribution in [0.2, 0.25) is 0 Å². The summed E-state index contributed by atoms with van der Waals surface area (Å²) in [5.74, 6) is -1.14. The number of nitrogens with two attached hydrogens (primary N) is 1. The van der Waals surface area contributed by atoms with E-state index in [9.17, 15) is 23.4 Å². The summed E-state index contributed by atoms with van der Waals surface area (Å²) in [5.41, 5.74) is 7.66. The Kier molecular flexibility index (Phi) is 10.8. The van der Waals surface area contributed by atoms with Gasteiger partial charge in [0.1, 0.15) is 17.1 Å². The monoisotopic (exact) mass is 667 g/mol. The molecule has 0 saturated heterocycles. The maximum Gasteiger partial charge on any atom is 0.272 e. The predicted molar refractivity (Wildman–Crippen MR) is 177 cm³/mol. The Hall–Kier alpha value is -5.15. The van der Waals surface area contributed by atoms with Gasteiger partial charge in [-0.15, -0.1) is 11.6 Å². The number of anilines is 3. The normalized spacial score (nSPS) is 11.5. The molecule has 0 aliphatic carbocycles. The first-order chi connectivity index (χ1) is 21.9. The van der Waals surface area contributed by atoms with E-state index in [1.165, 1.54) is 18.2 Å². The standard InChI is InChI=1S/C30H34ClN9O5S/c1-38-16-20(12-23(38)28(42)34-10-8-26(32)33)36-30(44)25-14-21(17-40(25)3)37-29(43)24-13-19(15-39(24)2)35-27(41)18-4-6-22(7-5-18)46(45)11-9-31/h4-7,12-17H,8-11H2,1-3H3,(H3,32,33)(H,34,42)(H,35,41)(H,36,44)(H,37,43). The number of aromatic nitrogens is 3. The first kappa shape index (κ1) is 33.7. The van der Waals surface area contributed by atoms with Crippen molar-refractivity contribution >= 4 is 68.9 Å². The van der Waals surface area contributed by atoms with Gasteiger partial charge < -0.3 is 40.7 Å². The molecule has 0 aliphatic rings. The Morgan fingerprint density at radius 3 is 1.63 bits per heavy atom. The van der Waals surface area contributed by atoms with E-state index >= 15 is 0 Å². The molecule has 0 fully saturated rings. The highest BCUT2D eigenvalue weighted by Crippen LogP contribution is 2.20. The number of hydrogen-bond donors (Lipinski definition) is 6. The number of rotatable bonds is 13. The molecule has 46 heavy (non-hydrogen) atoms. The average molecular weight is 668 g/mol. The quantitative estimate of drug-likeness (QED) is 0.0720. The number of benzene rings is 1. The SMILES string of the molecule is Cn1cc(NC(=O)c2cc(NC(=O)c3cc(NC(=O)c4ccc(S(=O)CCCl)cc4)cn3C)cn2C)cc1C(=O)NCCC(=N)N. The van der Waals surface area contributed by atoms with Gasteiger partial charge in [0, 0.05) is 74.8 Å². The summed E-state index contributed by atoms with van der Waals surface area (Å²) in [6, 6.07) is 10.9. The van der Waals surface area contributed by atoms with Gasteiger partial charge in [-0.3, -0.25) is 28.8 Å². The van der Waals surface area contributed by atoms with Gasteiger partial charge in [0.2, 0.25) is 0 Å². The van der Waals surface area contributed by atoms with Gasteiger partial charge >= 0.3 is 0 Å². The highest BCUT2D eigenvalue weighted by Gasteiger charge is 2.19. The van der Waals surface area contributed by atoms with Crippen molar-refractivity contribution in [2.24, 2.45) is 26.9 Å². The lowest BCUT2D eigenvalue weighted by molar-refractivity contribution is 0.0944. The lowest BCUT2D eigenvalue weighted by Crippen LogP contribution is -2.28. The van der Waals surface area contributed by atoms with Gasteiger partial charge in [0.25, 0.3) is 23.6 Å². The number of carbonyl (C=O) groups is 4. The van der Waals surface area contributed by atoms with Crippen LogP contribution in [-0.4, -0.2) is 65.6 Å². The van der Waals surface area contributed by atoms with Crippen LogP contribution in [0.3, 0.4) is 0 Å². The van der Waals surface area contributed by atoms with Crippen molar-refractivity contribution in [1.29, 1.82) is 5.41 Å². The smallest absolute Gasteiger partial charge is 0.272 e. The van der Waals surface area contributed by atoms with Crippen LogP contribution in [0, 0.1) is 5.41 Å². The number of aryl methyl sites for hydroxylation is 3. The zero-order valence-corrected chi connectivity index (χ0v) is 26.9. The Morgan fingerprint density at radius 2 is 1.20 bits per heavy atom. The largest absolute Gasteiger partial charge is 0.388 e. The molecule has 1 atom stereocenters. The fourth-order valence-electron chi connectivity index (χ4n) is 4.52. The van der Waals surface area contributed by atoms with Crippen molar-refractivity contribution in [3.63, 3.8) is 0 Å². The molecular weight excluding hydrogens is 634 g/mol. The Balaban J connectivity index is 1.37. The number of nitrogens with zero attached hydrogens (tertiary/aromatic N) is 3. The Labute approximate surface area is 272 Å². The van der Waals surface area contributed by atoms with E-state index in [0.29, 0.717) is 39.0 Å². The maximum absolute atomic E-state index is 13.1. The molecule has 4 aromatic rings. The van der Waals surface area contributed by atoms with Crippen molar-refractivity contribution in [2.75, 3.05) is 34.1 Å². The number of alkyl halides is 1. The van der Waals surface area contributed by atoms with E-state index in [1.807, 2.05) is 0 Å². The first-order valence-electron chi connectivity index (χ1n) is 13.9. The summed E-state index contributed by atoms with van der Waals surface area (Å²) < 4.78 is 16.8. The van der Waals surface area contributed by atoms with Crippen LogP contribution in [0.4, 0.5) is 17.1 Å². The third-order valence-corrected chi connectivity index (χ3v) is 8.59. The molecular formula is C30H34ClN9O5S. The lowest BCUT2D eigenvalue weighted by Gasteiger charge is -2.04. The number of amides is 4. The molecule has 3 aromatic heterocycles. The zero-order chi connectivity index (χ0) is 33.5. The van der Waals surface area contributed by atoms with Crippen LogP contribution in [0.15, 0.2) is 66.0 Å². The molecule has 1 aromatic carbocycles. The molecule has 0 saturated carbocycles. The van der Waals surface area contributed by atoms with Gasteiger partial charge in [-0.1, -0.05) is 0 Å². The number of carbonyl (C=O) groups excluding carboxylic acids is 4. The minimum Gasteiger partial charge on any atom is -0.388 e. The molecule has 3 heterocycles. The van der Waals surface area contributed by atoms with Crippen LogP contribution in [0.1, 0.15) is 48.2 Å². The van der Waals surface area contributed by atoms with Crippen molar-refractivity contribution in [3.8, 4) is 0 Å². The van der Waals surface area contributed by atoms with Crippen molar-refractivity contribution < 1.29 is 23.4 Å². The van der Waals surface area contributed by atoms with Crippen LogP contribution in [0.5, 0.6) is 0 Å². The van der Waals surface area contributed by atoms with E-state index < -0.39 is 28.5 Å². The number of hydrogen-bond acceptors (Lipinski definition) is 6. The van der Waals surface area contributed by atoms with Gasteiger partial charge in [-0.25, -0.2) is 0 Å². The van der Waals surface area contributed by atoms with E-state index in [2.05, 4.69) is 21.3 Å². The van der Waals surface area contributed by atoms with Gasteiger partial charge in [0.05, 0.1) is 33.7 Å². The Morgan fingerprint density at radius 1 is 0.761 bits per heavy atom. The molecule has 0 bridgehead atoms. The topological polar surface area (TPSA) is 198 Å².